The van der Waals surface area contributed by atoms with Crippen molar-refractivity contribution in [1.82, 2.24) is 5.32 Å². The molecule has 2 unspecified atom stereocenters. The van der Waals surface area contributed by atoms with E-state index in [-0.39, 0.29) is 5.91 Å². The minimum absolute atomic E-state index is 0.213. The first-order valence-electron chi connectivity index (χ1n) is 6.67. The van der Waals surface area contributed by atoms with E-state index in [1.54, 1.807) is 11.3 Å². The second-order valence-corrected chi connectivity index (χ2v) is 7.34. The first-order chi connectivity index (χ1) is 8.74. The number of thiophene rings is 1. The Morgan fingerprint density at radius 1 is 1.50 bits per heavy atom. The van der Waals surface area contributed by atoms with Crippen LogP contribution in [0.1, 0.15) is 37.0 Å². The van der Waals surface area contributed by atoms with Crippen molar-refractivity contribution in [1.29, 1.82) is 0 Å². The van der Waals surface area contributed by atoms with Crippen LogP contribution < -0.4 is 5.32 Å². The van der Waals surface area contributed by atoms with Gasteiger partial charge < -0.3 is 5.32 Å². The Hall–Kier alpha value is -0.350. The fraction of sp³-hybridized carbons (Fsp3) is 0.643. The molecule has 1 aromatic rings. The predicted octanol–water partition coefficient (Wildman–Crippen LogP) is 3.75. The lowest BCUT2D eigenvalue weighted by atomic mass is 10.1. The van der Waals surface area contributed by atoms with Crippen LogP contribution in [-0.4, -0.2) is 17.3 Å². The lowest BCUT2D eigenvalue weighted by Crippen LogP contribution is -2.28. The third-order valence-electron chi connectivity index (χ3n) is 3.47. The maximum absolute atomic E-state index is 11.7. The number of halogens is 1. The summed E-state index contributed by atoms with van der Waals surface area (Å²) in [5.74, 6) is 0.889. The highest BCUT2D eigenvalue weighted by Crippen LogP contribution is 2.29. The van der Waals surface area contributed by atoms with Crippen LogP contribution in [0.25, 0.3) is 0 Å². The van der Waals surface area contributed by atoms with E-state index in [0.29, 0.717) is 17.2 Å². The average molecular weight is 330 g/mol. The van der Waals surface area contributed by atoms with E-state index in [0.717, 1.165) is 19.4 Å². The number of hydrogen-bond acceptors (Lipinski definition) is 2. The molecule has 1 saturated carbocycles. The SMILES string of the molecule is O=C(CCCc1cccs1)NCC1CCC(Br)C1. The van der Waals surface area contributed by atoms with Crippen LogP contribution in [0.3, 0.4) is 0 Å². The molecular weight excluding hydrogens is 310 g/mol. The van der Waals surface area contributed by atoms with E-state index in [2.05, 4.69) is 38.8 Å². The number of hydrogen-bond donors (Lipinski definition) is 1. The van der Waals surface area contributed by atoms with Gasteiger partial charge in [0, 0.05) is 22.7 Å². The number of carbonyl (C=O) groups is 1. The van der Waals surface area contributed by atoms with E-state index in [1.165, 1.54) is 24.1 Å². The Morgan fingerprint density at radius 3 is 3.06 bits per heavy atom. The Balaban J connectivity index is 1.55. The third-order valence-corrected chi connectivity index (χ3v) is 5.24. The maximum Gasteiger partial charge on any atom is 0.220 e. The number of carbonyl (C=O) groups excluding carboxylic acids is 1. The molecule has 1 amide bonds. The van der Waals surface area contributed by atoms with Crippen LogP contribution >= 0.6 is 27.3 Å². The smallest absolute Gasteiger partial charge is 0.220 e. The molecule has 2 rings (SSSR count). The second kappa shape index (κ2) is 7.29. The van der Waals surface area contributed by atoms with E-state index >= 15 is 0 Å². The summed E-state index contributed by atoms with van der Waals surface area (Å²) in [5, 5.41) is 5.16. The highest BCUT2D eigenvalue weighted by Gasteiger charge is 2.22. The Morgan fingerprint density at radius 2 is 2.39 bits per heavy atom. The van der Waals surface area contributed by atoms with E-state index < -0.39 is 0 Å². The first-order valence-corrected chi connectivity index (χ1v) is 8.46. The lowest BCUT2D eigenvalue weighted by Gasteiger charge is -2.10. The molecule has 2 atom stereocenters. The van der Waals surface area contributed by atoms with Crippen LogP contribution in [0.15, 0.2) is 17.5 Å². The molecule has 2 nitrogen and oxygen atoms in total. The quantitative estimate of drug-likeness (QED) is 0.791. The van der Waals surface area contributed by atoms with Crippen LogP contribution in [0.4, 0.5) is 0 Å². The Labute approximate surface area is 121 Å². The zero-order chi connectivity index (χ0) is 12.8. The summed E-state index contributed by atoms with van der Waals surface area (Å²) in [6, 6.07) is 4.20. The molecular formula is C14H20BrNOS. The standard InChI is InChI=1S/C14H20BrNOS/c15-12-7-6-11(9-12)10-16-14(17)5-1-3-13-4-2-8-18-13/h2,4,8,11-12H,1,3,5-7,9-10H2,(H,16,17). The number of nitrogens with one attached hydrogen (secondary N) is 1. The predicted molar refractivity (Wildman–Crippen MR) is 80.3 cm³/mol. The highest BCUT2D eigenvalue weighted by molar-refractivity contribution is 9.09. The molecule has 18 heavy (non-hydrogen) atoms. The van der Waals surface area contributed by atoms with Gasteiger partial charge in [-0.15, -0.1) is 11.3 Å². The lowest BCUT2D eigenvalue weighted by molar-refractivity contribution is -0.121. The van der Waals surface area contributed by atoms with Crippen molar-refractivity contribution >= 4 is 33.2 Å². The van der Waals surface area contributed by atoms with Gasteiger partial charge in [-0.3, -0.25) is 4.79 Å². The molecule has 1 aliphatic carbocycles. The van der Waals surface area contributed by atoms with Crippen molar-refractivity contribution in [2.45, 2.75) is 43.4 Å². The van der Waals surface area contributed by atoms with Gasteiger partial charge in [0.05, 0.1) is 0 Å². The van der Waals surface area contributed by atoms with Crippen molar-refractivity contribution in [3.8, 4) is 0 Å². The number of rotatable bonds is 6. The fourth-order valence-corrected chi connectivity index (χ4v) is 3.97. The summed E-state index contributed by atoms with van der Waals surface area (Å²) in [7, 11) is 0. The van der Waals surface area contributed by atoms with Crippen molar-refractivity contribution in [2.24, 2.45) is 5.92 Å². The van der Waals surface area contributed by atoms with Gasteiger partial charge in [-0.25, -0.2) is 0 Å². The minimum Gasteiger partial charge on any atom is -0.356 e. The zero-order valence-electron chi connectivity index (χ0n) is 10.5. The molecule has 0 aliphatic heterocycles. The third kappa shape index (κ3) is 4.73. The fourth-order valence-electron chi connectivity index (χ4n) is 2.42. The number of alkyl halides is 1. The summed E-state index contributed by atoms with van der Waals surface area (Å²) < 4.78 is 0. The van der Waals surface area contributed by atoms with Gasteiger partial charge in [0.2, 0.25) is 5.91 Å². The van der Waals surface area contributed by atoms with Gasteiger partial charge in [-0.1, -0.05) is 22.0 Å². The van der Waals surface area contributed by atoms with Gasteiger partial charge in [-0.05, 0) is 49.5 Å². The summed E-state index contributed by atoms with van der Waals surface area (Å²) in [6.45, 7) is 0.861. The molecule has 1 aliphatic rings. The highest BCUT2D eigenvalue weighted by atomic mass is 79.9. The number of amides is 1. The van der Waals surface area contributed by atoms with Gasteiger partial charge >= 0.3 is 0 Å². The molecule has 0 aromatic carbocycles. The monoisotopic (exact) mass is 329 g/mol. The zero-order valence-corrected chi connectivity index (χ0v) is 12.9. The van der Waals surface area contributed by atoms with Crippen molar-refractivity contribution in [3.05, 3.63) is 22.4 Å². The molecule has 4 heteroatoms. The summed E-state index contributed by atoms with van der Waals surface area (Å²) in [5.41, 5.74) is 0. The van der Waals surface area contributed by atoms with Gasteiger partial charge in [0.25, 0.3) is 0 Å². The summed E-state index contributed by atoms with van der Waals surface area (Å²) >= 11 is 5.41. The van der Waals surface area contributed by atoms with Crippen LogP contribution in [0, 0.1) is 5.92 Å². The normalized spacial score (nSPS) is 23.2. The van der Waals surface area contributed by atoms with E-state index in [4.69, 9.17) is 0 Å². The molecule has 0 bridgehead atoms. The largest absolute Gasteiger partial charge is 0.356 e. The van der Waals surface area contributed by atoms with Crippen LogP contribution in [0.2, 0.25) is 0 Å². The average Bonchev–Trinajstić information content (AvgIpc) is 2.98. The van der Waals surface area contributed by atoms with Crippen LogP contribution in [0.5, 0.6) is 0 Å². The van der Waals surface area contributed by atoms with E-state index in [9.17, 15) is 4.79 Å². The molecule has 100 valence electrons. The Kier molecular flexibility index (Phi) is 5.70. The first kappa shape index (κ1) is 14.1. The second-order valence-electron chi connectivity index (χ2n) is 5.01. The van der Waals surface area contributed by atoms with Crippen LogP contribution in [-0.2, 0) is 11.2 Å². The number of aryl methyl sites for hydroxylation is 1. The molecule has 0 spiro atoms. The minimum atomic E-state index is 0.213. The van der Waals surface area contributed by atoms with Crippen molar-refractivity contribution in [3.63, 3.8) is 0 Å². The Bertz CT molecular complexity index is 366. The van der Waals surface area contributed by atoms with Gasteiger partial charge in [-0.2, -0.15) is 0 Å². The summed E-state index contributed by atoms with van der Waals surface area (Å²) in [6.07, 6.45) is 6.33. The van der Waals surface area contributed by atoms with Crippen molar-refractivity contribution in [2.75, 3.05) is 6.54 Å². The molecule has 1 heterocycles. The topological polar surface area (TPSA) is 29.1 Å². The van der Waals surface area contributed by atoms with E-state index in [1.807, 2.05) is 0 Å². The molecule has 1 fully saturated rings. The summed E-state index contributed by atoms with van der Waals surface area (Å²) in [4.78, 5) is 13.7. The molecule has 1 N–H and O–H groups in total. The molecule has 1 aromatic heterocycles. The van der Waals surface area contributed by atoms with Crippen molar-refractivity contribution < 1.29 is 4.79 Å². The maximum atomic E-state index is 11.7. The van der Waals surface area contributed by atoms with Gasteiger partial charge in [0.15, 0.2) is 0 Å². The molecule has 0 radical (unpaired) electrons. The van der Waals surface area contributed by atoms with Gasteiger partial charge in [0.1, 0.15) is 0 Å². The molecule has 0 saturated heterocycles.